The number of halogens is 3. The van der Waals surface area contributed by atoms with Gasteiger partial charge in [-0.25, -0.2) is 4.79 Å². The Balaban J connectivity index is 2.77. The van der Waals surface area contributed by atoms with Crippen LogP contribution in [0.25, 0.3) is 0 Å². The minimum absolute atomic E-state index is 0.0934. The van der Waals surface area contributed by atoms with E-state index in [0.29, 0.717) is 6.26 Å². The topological polar surface area (TPSA) is 87.7 Å². The van der Waals surface area contributed by atoms with Gasteiger partial charge in [0, 0.05) is 12.0 Å². The van der Waals surface area contributed by atoms with Crippen LogP contribution in [0.1, 0.15) is 39.2 Å². The number of rotatable bonds is 1. The van der Waals surface area contributed by atoms with Crippen molar-refractivity contribution in [1.82, 2.24) is 0 Å². The van der Waals surface area contributed by atoms with Crippen LogP contribution in [-0.4, -0.2) is 22.0 Å². The number of carbonyl (C=O) groups excluding carboxylic acids is 1. The molecule has 0 spiro atoms. The van der Waals surface area contributed by atoms with Gasteiger partial charge in [-0.2, -0.15) is 13.2 Å². The Morgan fingerprint density at radius 3 is 2.50 bits per heavy atom. The Morgan fingerprint density at radius 2 is 2.05 bits per heavy atom. The molecule has 0 fully saturated rings. The van der Waals surface area contributed by atoms with Crippen LogP contribution < -0.4 is 0 Å². The first-order valence-electron chi connectivity index (χ1n) is 5.53. The maximum atomic E-state index is 13.0. The quantitative estimate of drug-likeness (QED) is 0.613. The lowest BCUT2D eigenvalue weighted by Crippen LogP contribution is -2.24. The van der Waals surface area contributed by atoms with Gasteiger partial charge >= 0.3 is 12.1 Å². The highest BCUT2D eigenvalue weighted by molar-refractivity contribution is 6.12. The summed E-state index contributed by atoms with van der Waals surface area (Å²) >= 11 is 0. The molecule has 0 saturated carbocycles. The van der Waals surface area contributed by atoms with Gasteiger partial charge in [0.25, 0.3) is 0 Å². The van der Waals surface area contributed by atoms with Gasteiger partial charge in [-0.15, -0.1) is 0 Å². The first-order chi connectivity index (χ1) is 9.18. The molecule has 1 aliphatic rings. The van der Waals surface area contributed by atoms with E-state index in [4.69, 9.17) is 14.6 Å². The first-order valence-corrected chi connectivity index (χ1v) is 5.53. The molecule has 1 aromatic rings. The Labute approximate surface area is 110 Å². The van der Waals surface area contributed by atoms with E-state index in [0.717, 1.165) is 0 Å². The third kappa shape index (κ3) is 1.97. The lowest BCUT2D eigenvalue weighted by molar-refractivity contribution is -0.138. The van der Waals surface area contributed by atoms with Crippen molar-refractivity contribution in [3.05, 3.63) is 34.5 Å². The number of hydrogen-bond donors (Lipinski definition) is 2. The predicted octanol–water partition coefficient (Wildman–Crippen LogP) is 2.81. The van der Waals surface area contributed by atoms with E-state index in [1.165, 1.54) is 6.92 Å². The van der Waals surface area contributed by atoms with Crippen molar-refractivity contribution in [1.29, 1.82) is 0 Å². The van der Waals surface area contributed by atoms with Gasteiger partial charge in [0.05, 0.1) is 11.8 Å². The van der Waals surface area contributed by atoms with Gasteiger partial charge in [-0.3, -0.25) is 4.79 Å². The normalized spacial score (nSPS) is 21.1. The van der Waals surface area contributed by atoms with Crippen molar-refractivity contribution in [3.8, 4) is 0 Å². The van der Waals surface area contributed by atoms with E-state index in [1.54, 1.807) is 0 Å². The molecule has 0 saturated heterocycles. The fourth-order valence-electron chi connectivity index (χ4n) is 2.23. The lowest BCUT2D eigenvalue weighted by atomic mass is 9.82. The zero-order chi connectivity index (χ0) is 15.2. The number of aliphatic hydroxyl groups is 1. The lowest BCUT2D eigenvalue weighted by Gasteiger charge is -2.19. The second kappa shape index (κ2) is 4.39. The Bertz CT molecular complexity index is 624. The molecule has 1 heterocycles. The summed E-state index contributed by atoms with van der Waals surface area (Å²) < 4.78 is 43.6. The molecule has 5 nitrogen and oxygen atoms in total. The zero-order valence-corrected chi connectivity index (χ0v) is 10.1. The number of alkyl halides is 3. The summed E-state index contributed by atoms with van der Waals surface area (Å²) in [6, 6.07) is 0. The number of Topliss-reactive ketones (excluding diaryl/α,β-unsaturated/α-hetero) is 1. The van der Waals surface area contributed by atoms with E-state index in [-0.39, 0.29) is 17.8 Å². The van der Waals surface area contributed by atoms with Crippen molar-refractivity contribution in [3.63, 3.8) is 0 Å². The Morgan fingerprint density at radius 1 is 1.45 bits per heavy atom. The highest BCUT2D eigenvalue weighted by atomic mass is 19.4. The standard InChI is InChI=1S/C12H9F3O5/c1-4-2-6-7(9(17)5(4)3-16)8(12(13,14)15)10(20-6)11(18)19/h3-4,16H,2H2,1H3,(H,18,19)/b5-3-. The zero-order valence-electron chi connectivity index (χ0n) is 10.1. The molecule has 1 aliphatic carbocycles. The van der Waals surface area contributed by atoms with Crippen molar-refractivity contribution >= 4 is 11.8 Å². The molecule has 0 bridgehead atoms. The largest absolute Gasteiger partial charge is 0.515 e. The van der Waals surface area contributed by atoms with Crippen LogP contribution in [0.4, 0.5) is 13.2 Å². The molecular weight excluding hydrogens is 281 g/mol. The number of furan rings is 1. The third-order valence-corrected chi connectivity index (χ3v) is 3.11. The van der Waals surface area contributed by atoms with Crippen molar-refractivity contribution < 1.29 is 37.4 Å². The highest BCUT2D eigenvalue weighted by Gasteiger charge is 2.47. The number of aromatic carboxylic acids is 1. The van der Waals surface area contributed by atoms with Crippen LogP contribution >= 0.6 is 0 Å². The molecule has 1 aromatic heterocycles. The Kier molecular flexibility index (Phi) is 3.11. The van der Waals surface area contributed by atoms with Crippen LogP contribution in [0.15, 0.2) is 16.3 Å². The predicted molar refractivity (Wildman–Crippen MR) is 58.6 cm³/mol. The fourth-order valence-corrected chi connectivity index (χ4v) is 2.23. The van der Waals surface area contributed by atoms with Crippen LogP contribution in [0.5, 0.6) is 0 Å². The highest BCUT2D eigenvalue weighted by Crippen LogP contribution is 2.42. The second-order valence-electron chi connectivity index (χ2n) is 4.43. The summed E-state index contributed by atoms with van der Waals surface area (Å²) in [5, 5.41) is 17.7. The number of hydrogen-bond acceptors (Lipinski definition) is 4. The summed E-state index contributed by atoms with van der Waals surface area (Å²) in [6.07, 6.45) is -4.69. The SMILES string of the molecule is CC1Cc2oc(C(=O)O)c(C(F)(F)F)c2C(=O)/C1=C\O. The average molecular weight is 290 g/mol. The molecular formula is C12H9F3O5. The number of fused-ring (bicyclic) bond motifs is 1. The molecule has 8 heteroatoms. The molecule has 2 N–H and O–H groups in total. The minimum Gasteiger partial charge on any atom is -0.515 e. The molecule has 2 rings (SSSR count). The van der Waals surface area contributed by atoms with Crippen LogP contribution in [0, 0.1) is 5.92 Å². The molecule has 1 unspecified atom stereocenters. The van der Waals surface area contributed by atoms with Crippen molar-refractivity contribution in [2.75, 3.05) is 0 Å². The molecule has 0 aliphatic heterocycles. The number of carboxylic acid groups (broad SMARTS) is 1. The fraction of sp³-hybridized carbons (Fsp3) is 0.333. The summed E-state index contributed by atoms with van der Waals surface area (Å²) in [6.45, 7) is 1.51. The van der Waals surface area contributed by atoms with Gasteiger partial charge in [-0.1, -0.05) is 6.92 Å². The van der Waals surface area contributed by atoms with Crippen molar-refractivity contribution in [2.45, 2.75) is 19.5 Å². The summed E-state index contributed by atoms with van der Waals surface area (Å²) in [7, 11) is 0. The molecule has 1 atom stereocenters. The van der Waals surface area contributed by atoms with Crippen molar-refractivity contribution in [2.24, 2.45) is 5.92 Å². The number of ketones is 1. The summed E-state index contributed by atoms with van der Waals surface area (Å²) in [5.41, 5.74) is -2.63. The van der Waals surface area contributed by atoms with Crippen LogP contribution in [-0.2, 0) is 12.6 Å². The smallest absolute Gasteiger partial charge is 0.421 e. The molecule has 0 aromatic carbocycles. The number of carboxylic acids is 1. The van der Waals surface area contributed by atoms with E-state index >= 15 is 0 Å². The van der Waals surface area contributed by atoms with E-state index in [1.807, 2.05) is 0 Å². The van der Waals surface area contributed by atoms with Crippen LogP contribution in [0.3, 0.4) is 0 Å². The minimum atomic E-state index is -5.04. The van der Waals surface area contributed by atoms with Crippen LogP contribution in [0.2, 0.25) is 0 Å². The third-order valence-electron chi connectivity index (χ3n) is 3.11. The van der Waals surface area contributed by atoms with Gasteiger partial charge < -0.3 is 14.6 Å². The molecule has 20 heavy (non-hydrogen) atoms. The maximum absolute atomic E-state index is 13.0. The number of aliphatic hydroxyl groups excluding tert-OH is 1. The maximum Gasteiger partial charge on any atom is 0.421 e. The van der Waals surface area contributed by atoms with E-state index in [2.05, 4.69) is 0 Å². The number of allylic oxidation sites excluding steroid dienone is 1. The van der Waals surface area contributed by atoms with Gasteiger partial charge in [0.2, 0.25) is 5.76 Å². The monoisotopic (exact) mass is 290 g/mol. The first kappa shape index (κ1) is 14.2. The summed E-state index contributed by atoms with van der Waals surface area (Å²) in [4.78, 5) is 22.8. The summed E-state index contributed by atoms with van der Waals surface area (Å²) in [5.74, 6) is -5.15. The number of carbonyl (C=O) groups is 2. The van der Waals surface area contributed by atoms with Gasteiger partial charge in [0.15, 0.2) is 5.78 Å². The van der Waals surface area contributed by atoms with Gasteiger partial charge in [-0.05, 0) is 5.92 Å². The van der Waals surface area contributed by atoms with E-state index < -0.39 is 40.7 Å². The molecule has 0 radical (unpaired) electrons. The Hall–Kier alpha value is -2.25. The average Bonchev–Trinajstić information content (AvgIpc) is 2.68. The molecule has 108 valence electrons. The van der Waals surface area contributed by atoms with E-state index in [9.17, 15) is 22.8 Å². The van der Waals surface area contributed by atoms with Gasteiger partial charge in [0.1, 0.15) is 11.3 Å². The molecule has 0 amide bonds. The second-order valence-corrected chi connectivity index (χ2v) is 4.43.